The van der Waals surface area contributed by atoms with Crippen LogP contribution >= 0.6 is 22.6 Å². The maximum Gasteiger partial charge on any atom is 0.200 e. The van der Waals surface area contributed by atoms with Crippen LogP contribution in [-0.4, -0.2) is 54.7 Å². The Labute approximate surface area is 130 Å². The number of rotatable bonds is 3. The highest BCUT2D eigenvalue weighted by Gasteiger charge is 2.60. The third-order valence-electron chi connectivity index (χ3n) is 3.55. The molecule has 1 aromatic carbocycles. The average molecular weight is 395 g/mol. The number of aliphatic hydroxyl groups excluding tert-OH is 3. The van der Waals surface area contributed by atoms with Gasteiger partial charge in [0.15, 0.2) is 3.55 Å². The normalized spacial score (nSPS) is 41.6. The van der Waals surface area contributed by atoms with Crippen molar-refractivity contribution in [3.8, 4) is 0 Å². The molecular weight excluding hydrogens is 377 g/mol. The molecule has 0 aliphatic carbocycles. The van der Waals surface area contributed by atoms with Crippen LogP contribution in [0.15, 0.2) is 30.3 Å². The fourth-order valence-corrected chi connectivity index (χ4v) is 2.97. The molecule has 0 aromatic heterocycles. The van der Waals surface area contributed by atoms with E-state index in [1.807, 2.05) is 18.2 Å². The van der Waals surface area contributed by atoms with Crippen LogP contribution in [0.1, 0.15) is 5.56 Å². The van der Waals surface area contributed by atoms with E-state index < -0.39 is 34.3 Å². The molecule has 1 aliphatic heterocycles. The number of halogens is 1. The lowest BCUT2D eigenvalue weighted by Crippen LogP contribution is -2.74. The molecule has 0 bridgehead atoms. The van der Waals surface area contributed by atoms with E-state index in [0.717, 1.165) is 5.56 Å². The van der Waals surface area contributed by atoms with Crippen molar-refractivity contribution in [2.75, 3.05) is 6.61 Å². The van der Waals surface area contributed by atoms with Crippen LogP contribution in [0.3, 0.4) is 0 Å². The molecule has 1 fully saturated rings. The highest BCUT2D eigenvalue weighted by atomic mass is 127. The van der Waals surface area contributed by atoms with Crippen LogP contribution in [0.25, 0.3) is 0 Å². The van der Waals surface area contributed by atoms with Gasteiger partial charge in [0.25, 0.3) is 0 Å². The van der Waals surface area contributed by atoms with E-state index in [-0.39, 0.29) is 6.42 Å². The van der Waals surface area contributed by atoms with Crippen molar-refractivity contribution in [2.45, 2.75) is 34.1 Å². The molecular formula is C13H18INO5. The fraction of sp³-hybridized carbons (Fsp3) is 0.538. The molecule has 1 aliphatic rings. The first-order valence-corrected chi connectivity index (χ1v) is 7.28. The number of hydrogen-bond acceptors (Lipinski definition) is 6. The Morgan fingerprint density at radius 3 is 2.40 bits per heavy atom. The van der Waals surface area contributed by atoms with Crippen LogP contribution in [0.2, 0.25) is 0 Å². The van der Waals surface area contributed by atoms with Crippen molar-refractivity contribution in [2.24, 2.45) is 5.73 Å². The van der Waals surface area contributed by atoms with Crippen molar-refractivity contribution >= 4 is 22.6 Å². The smallest absolute Gasteiger partial charge is 0.200 e. The van der Waals surface area contributed by atoms with Crippen molar-refractivity contribution in [1.29, 1.82) is 0 Å². The number of hydrogen-bond donors (Lipinski definition) is 5. The largest absolute Gasteiger partial charge is 0.394 e. The van der Waals surface area contributed by atoms with Gasteiger partial charge in [-0.2, -0.15) is 0 Å². The van der Waals surface area contributed by atoms with Gasteiger partial charge in [-0.1, -0.05) is 52.9 Å². The summed E-state index contributed by atoms with van der Waals surface area (Å²) in [6.07, 6.45) is -3.85. The minimum atomic E-state index is -1.90. The van der Waals surface area contributed by atoms with Gasteiger partial charge in [-0.15, -0.1) is 0 Å². The zero-order valence-corrected chi connectivity index (χ0v) is 12.8. The zero-order chi connectivity index (χ0) is 15.0. The number of aliphatic hydroxyl groups is 4. The first kappa shape index (κ1) is 16.1. The maximum atomic E-state index is 10.7. The summed E-state index contributed by atoms with van der Waals surface area (Å²) in [5, 5.41) is 39.8. The third kappa shape index (κ3) is 2.71. The SMILES string of the molecule is N[C@]1(I)[C@@H](O)[C@H](O)[C@@H](CO)OC1(O)Cc1ccccc1. The second kappa shape index (κ2) is 5.84. The number of benzene rings is 1. The van der Waals surface area contributed by atoms with Crippen molar-refractivity contribution < 1.29 is 25.2 Å². The summed E-state index contributed by atoms with van der Waals surface area (Å²) in [4.78, 5) is 0. The molecule has 1 aromatic rings. The summed E-state index contributed by atoms with van der Waals surface area (Å²) in [5.74, 6) is -1.90. The Hall–Kier alpha value is -0.290. The quantitative estimate of drug-likeness (QED) is 0.258. The highest BCUT2D eigenvalue weighted by molar-refractivity contribution is 14.1. The molecule has 1 saturated heterocycles. The van der Waals surface area contributed by atoms with E-state index in [1.165, 1.54) is 0 Å². The minimum Gasteiger partial charge on any atom is -0.394 e. The van der Waals surface area contributed by atoms with Crippen molar-refractivity contribution in [3.05, 3.63) is 35.9 Å². The topological polar surface area (TPSA) is 116 Å². The fourth-order valence-electron chi connectivity index (χ4n) is 2.29. The molecule has 6 nitrogen and oxygen atoms in total. The van der Waals surface area contributed by atoms with Gasteiger partial charge in [0.05, 0.1) is 6.61 Å². The molecule has 6 N–H and O–H groups in total. The van der Waals surface area contributed by atoms with Gasteiger partial charge < -0.3 is 30.9 Å². The van der Waals surface area contributed by atoms with Crippen LogP contribution in [0.4, 0.5) is 0 Å². The molecule has 0 amide bonds. The van der Waals surface area contributed by atoms with Crippen molar-refractivity contribution in [1.82, 2.24) is 0 Å². The van der Waals surface area contributed by atoms with Gasteiger partial charge in [0.2, 0.25) is 5.79 Å². The molecule has 1 heterocycles. The van der Waals surface area contributed by atoms with Gasteiger partial charge in [0, 0.05) is 6.42 Å². The summed E-state index contributed by atoms with van der Waals surface area (Å²) in [5.41, 5.74) is 6.74. The van der Waals surface area contributed by atoms with Crippen LogP contribution < -0.4 is 5.73 Å². The predicted molar refractivity (Wildman–Crippen MR) is 80.0 cm³/mol. The van der Waals surface area contributed by atoms with E-state index in [9.17, 15) is 20.4 Å². The van der Waals surface area contributed by atoms with Gasteiger partial charge >= 0.3 is 0 Å². The Kier molecular flexibility index (Phi) is 4.69. The number of alkyl halides is 1. The highest BCUT2D eigenvalue weighted by Crippen LogP contribution is 2.41. The van der Waals surface area contributed by atoms with E-state index in [0.29, 0.717) is 0 Å². The van der Waals surface area contributed by atoms with Gasteiger partial charge in [-0.25, -0.2) is 0 Å². The number of ether oxygens (including phenoxy) is 1. The summed E-state index contributed by atoms with van der Waals surface area (Å²) in [6.45, 7) is -0.526. The Morgan fingerprint density at radius 2 is 1.85 bits per heavy atom. The lowest BCUT2D eigenvalue weighted by Gasteiger charge is -2.51. The third-order valence-corrected chi connectivity index (χ3v) is 5.03. The maximum absolute atomic E-state index is 10.7. The van der Waals surface area contributed by atoms with Crippen LogP contribution in [-0.2, 0) is 11.2 Å². The summed E-state index contributed by atoms with van der Waals surface area (Å²) < 4.78 is 3.78. The molecule has 1 unspecified atom stereocenters. The van der Waals surface area contributed by atoms with Crippen molar-refractivity contribution in [3.63, 3.8) is 0 Å². The second-order valence-electron chi connectivity index (χ2n) is 4.99. The van der Waals surface area contributed by atoms with Gasteiger partial charge in [0.1, 0.15) is 18.3 Å². The van der Waals surface area contributed by atoms with E-state index in [2.05, 4.69) is 0 Å². The summed E-state index contributed by atoms with van der Waals surface area (Å²) in [7, 11) is 0. The van der Waals surface area contributed by atoms with Crippen LogP contribution in [0, 0.1) is 0 Å². The predicted octanol–water partition coefficient (Wildman–Crippen LogP) is -0.879. The lowest BCUT2D eigenvalue weighted by molar-refractivity contribution is -0.317. The molecule has 112 valence electrons. The molecule has 0 radical (unpaired) electrons. The standard InChI is InChI=1S/C13H18INO5/c14-13(15)11(18)10(17)9(7-16)20-12(13,19)6-8-4-2-1-3-5-8/h1-5,9-11,16-19H,6-7,15H2/t9-,10-,11+,12?,13-/m1/s1. The van der Waals surface area contributed by atoms with E-state index in [4.69, 9.17) is 10.5 Å². The first-order valence-electron chi connectivity index (χ1n) is 6.21. The monoisotopic (exact) mass is 395 g/mol. The Balaban J connectivity index is 2.31. The Morgan fingerprint density at radius 1 is 1.25 bits per heavy atom. The van der Waals surface area contributed by atoms with Gasteiger partial charge in [-0.3, -0.25) is 0 Å². The van der Waals surface area contributed by atoms with Crippen LogP contribution in [0.5, 0.6) is 0 Å². The molecule has 20 heavy (non-hydrogen) atoms. The minimum absolute atomic E-state index is 0.0353. The Bertz CT molecular complexity index is 457. The summed E-state index contributed by atoms with van der Waals surface area (Å²) in [6, 6.07) is 9.03. The van der Waals surface area contributed by atoms with E-state index in [1.54, 1.807) is 34.7 Å². The molecule has 5 atom stereocenters. The molecule has 0 saturated carbocycles. The number of nitrogens with two attached hydrogens (primary N) is 1. The lowest BCUT2D eigenvalue weighted by atomic mass is 9.87. The second-order valence-corrected chi connectivity index (χ2v) is 6.77. The first-order chi connectivity index (χ1) is 9.32. The molecule has 2 rings (SSSR count). The molecule has 7 heteroatoms. The average Bonchev–Trinajstić information content (AvgIpc) is 2.42. The summed E-state index contributed by atoms with van der Waals surface area (Å²) >= 11 is 1.68. The molecule has 0 spiro atoms. The van der Waals surface area contributed by atoms with E-state index >= 15 is 0 Å². The zero-order valence-electron chi connectivity index (χ0n) is 10.7. The van der Waals surface area contributed by atoms with Gasteiger partial charge in [-0.05, 0) is 5.56 Å².